The molecule has 0 rings (SSSR count). The average Bonchev–Trinajstić information content (AvgIpc) is 1.98. The molecule has 0 spiro atoms. The van der Waals surface area contributed by atoms with Crippen LogP contribution < -0.4 is 0 Å². The summed E-state index contributed by atoms with van der Waals surface area (Å²) in [6, 6.07) is 0. The molecular formula is C7H17O4P. The Morgan fingerprint density at radius 3 is 2.42 bits per heavy atom. The molecule has 0 bridgehead atoms. The average molecular weight is 196 g/mol. The van der Waals surface area contributed by atoms with Crippen molar-refractivity contribution in [2.45, 2.75) is 27.2 Å². The Bertz CT molecular complexity index is 157. The van der Waals surface area contributed by atoms with Crippen LogP contribution in [0.5, 0.6) is 0 Å². The summed E-state index contributed by atoms with van der Waals surface area (Å²) in [5.74, 6) is 0.232. The molecule has 0 aliphatic heterocycles. The number of rotatable bonds is 6. The maximum atomic E-state index is 11.0. The molecule has 0 aromatic heterocycles. The normalized spacial score (nSPS) is 16.4. The first-order valence-corrected chi connectivity index (χ1v) is 5.59. The van der Waals surface area contributed by atoms with Crippen molar-refractivity contribution < 1.29 is 18.5 Å². The molecule has 0 saturated heterocycles. The van der Waals surface area contributed by atoms with Crippen molar-refractivity contribution in [1.82, 2.24) is 0 Å². The van der Waals surface area contributed by atoms with Crippen molar-refractivity contribution in [1.29, 1.82) is 0 Å². The molecule has 5 heteroatoms. The lowest BCUT2D eigenvalue weighted by Gasteiger charge is -2.12. The van der Waals surface area contributed by atoms with E-state index in [1.54, 1.807) is 0 Å². The number of phosphoric ester groups is 1. The minimum atomic E-state index is -3.76. The van der Waals surface area contributed by atoms with E-state index in [9.17, 15) is 4.57 Å². The molecule has 0 aromatic carbocycles. The third-order valence-electron chi connectivity index (χ3n) is 1.03. The minimum absolute atomic E-state index is 0.232. The molecule has 0 radical (unpaired) electrons. The van der Waals surface area contributed by atoms with Gasteiger partial charge in [-0.15, -0.1) is 0 Å². The standard InChI is InChI=1S/C7H17O4P/c1-4-5-10-12(8,9)11-6-7(2)3/h7H,4-6H2,1-3H3,(H,8,9). The molecule has 1 atom stereocenters. The van der Waals surface area contributed by atoms with Gasteiger partial charge in [0.1, 0.15) is 0 Å². The molecule has 0 saturated carbocycles. The Kier molecular flexibility index (Phi) is 5.76. The Labute approximate surface area is 73.5 Å². The molecule has 0 amide bonds. The van der Waals surface area contributed by atoms with Crippen LogP contribution in [-0.2, 0) is 13.6 Å². The highest BCUT2D eigenvalue weighted by Gasteiger charge is 2.20. The zero-order valence-electron chi connectivity index (χ0n) is 7.82. The summed E-state index contributed by atoms with van der Waals surface area (Å²) in [4.78, 5) is 9.01. The van der Waals surface area contributed by atoms with E-state index < -0.39 is 7.82 Å². The van der Waals surface area contributed by atoms with Crippen molar-refractivity contribution in [3.63, 3.8) is 0 Å². The van der Waals surface area contributed by atoms with Gasteiger partial charge in [0.05, 0.1) is 13.2 Å². The predicted molar refractivity (Wildman–Crippen MR) is 46.9 cm³/mol. The van der Waals surface area contributed by atoms with Gasteiger partial charge in [-0.3, -0.25) is 9.05 Å². The van der Waals surface area contributed by atoms with E-state index >= 15 is 0 Å². The quantitative estimate of drug-likeness (QED) is 0.661. The fraction of sp³-hybridized carbons (Fsp3) is 1.00. The zero-order chi connectivity index (χ0) is 9.61. The van der Waals surface area contributed by atoms with Gasteiger partial charge >= 0.3 is 7.82 Å². The molecule has 0 aliphatic rings. The summed E-state index contributed by atoms with van der Waals surface area (Å²) in [5, 5.41) is 0. The van der Waals surface area contributed by atoms with Crippen LogP contribution in [-0.4, -0.2) is 18.1 Å². The van der Waals surface area contributed by atoms with Crippen molar-refractivity contribution in [2.75, 3.05) is 13.2 Å². The Morgan fingerprint density at radius 1 is 1.42 bits per heavy atom. The molecule has 74 valence electrons. The van der Waals surface area contributed by atoms with Gasteiger partial charge in [0.15, 0.2) is 0 Å². The van der Waals surface area contributed by atoms with Crippen LogP contribution in [0.15, 0.2) is 0 Å². The van der Waals surface area contributed by atoms with Crippen molar-refractivity contribution >= 4 is 7.82 Å². The van der Waals surface area contributed by atoms with Crippen LogP contribution in [0.4, 0.5) is 0 Å². The molecule has 1 N–H and O–H groups in total. The highest BCUT2D eigenvalue weighted by atomic mass is 31.2. The zero-order valence-corrected chi connectivity index (χ0v) is 8.71. The highest BCUT2D eigenvalue weighted by molar-refractivity contribution is 7.47. The topological polar surface area (TPSA) is 55.8 Å². The molecule has 1 unspecified atom stereocenters. The largest absolute Gasteiger partial charge is 0.472 e. The number of hydrogen-bond donors (Lipinski definition) is 1. The van der Waals surface area contributed by atoms with Crippen molar-refractivity contribution in [3.05, 3.63) is 0 Å². The summed E-state index contributed by atoms with van der Waals surface area (Å²) in [6.45, 7) is 6.17. The van der Waals surface area contributed by atoms with Crippen LogP contribution in [0.25, 0.3) is 0 Å². The van der Waals surface area contributed by atoms with Gasteiger partial charge in [-0.2, -0.15) is 0 Å². The summed E-state index contributed by atoms with van der Waals surface area (Å²) < 4.78 is 20.3. The summed E-state index contributed by atoms with van der Waals surface area (Å²) in [6.07, 6.45) is 0.704. The maximum absolute atomic E-state index is 11.0. The lowest BCUT2D eigenvalue weighted by Crippen LogP contribution is -2.02. The van der Waals surface area contributed by atoms with E-state index in [1.807, 2.05) is 20.8 Å². The van der Waals surface area contributed by atoms with E-state index in [2.05, 4.69) is 9.05 Å². The lowest BCUT2D eigenvalue weighted by atomic mass is 10.2. The van der Waals surface area contributed by atoms with Gasteiger partial charge in [-0.1, -0.05) is 20.8 Å². The number of phosphoric acid groups is 1. The third kappa shape index (κ3) is 6.80. The van der Waals surface area contributed by atoms with E-state index in [0.717, 1.165) is 0 Å². The van der Waals surface area contributed by atoms with Crippen LogP contribution in [0.1, 0.15) is 27.2 Å². The monoisotopic (exact) mass is 196 g/mol. The van der Waals surface area contributed by atoms with E-state index in [1.165, 1.54) is 0 Å². The van der Waals surface area contributed by atoms with E-state index in [-0.39, 0.29) is 19.1 Å². The summed E-state index contributed by atoms with van der Waals surface area (Å²) >= 11 is 0. The smallest absolute Gasteiger partial charge is 0.302 e. The van der Waals surface area contributed by atoms with E-state index in [4.69, 9.17) is 4.89 Å². The van der Waals surface area contributed by atoms with Crippen molar-refractivity contribution in [3.8, 4) is 0 Å². The third-order valence-corrected chi connectivity index (χ3v) is 2.01. The first kappa shape index (κ1) is 12.1. The molecule has 0 fully saturated rings. The second kappa shape index (κ2) is 5.70. The van der Waals surface area contributed by atoms with Gasteiger partial charge in [0, 0.05) is 0 Å². The second-order valence-corrected chi connectivity index (χ2v) is 4.44. The fourth-order valence-electron chi connectivity index (χ4n) is 0.487. The van der Waals surface area contributed by atoms with Gasteiger partial charge in [0.25, 0.3) is 0 Å². The molecule has 0 aromatic rings. The Hall–Kier alpha value is 0.110. The molecule has 12 heavy (non-hydrogen) atoms. The van der Waals surface area contributed by atoms with E-state index in [0.29, 0.717) is 6.42 Å². The van der Waals surface area contributed by atoms with Gasteiger partial charge in [0.2, 0.25) is 0 Å². The summed E-state index contributed by atoms with van der Waals surface area (Å²) in [7, 11) is -3.76. The predicted octanol–water partition coefficient (Wildman–Crippen LogP) is 2.19. The van der Waals surface area contributed by atoms with Gasteiger partial charge in [-0.05, 0) is 12.3 Å². The van der Waals surface area contributed by atoms with Gasteiger partial charge < -0.3 is 4.89 Å². The number of hydrogen-bond acceptors (Lipinski definition) is 3. The van der Waals surface area contributed by atoms with Crippen LogP contribution in [0.2, 0.25) is 0 Å². The summed E-state index contributed by atoms with van der Waals surface area (Å²) in [5.41, 5.74) is 0. The Morgan fingerprint density at radius 2 is 2.00 bits per heavy atom. The molecule has 0 aliphatic carbocycles. The van der Waals surface area contributed by atoms with Gasteiger partial charge in [-0.25, -0.2) is 4.57 Å². The SMILES string of the molecule is CCCOP(=O)(O)OCC(C)C. The lowest BCUT2D eigenvalue weighted by molar-refractivity contribution is 0.137. The highest BCUT2D eigenvalue weighted by Crippen LogP contribution is 2.43. The molecule has 4 nitrogen and oxygen atoms in total. The maximum Gasteiger partial charge on any atom is 0.472 e. The first-order chi connectivity index (χ1) is 5.48. The van der Waals surface area contributed by atoms with Crippen LogP contribution in [0.3, 0.4) is 0 Å². The van der Waals surface area contributed by atoms with Crippen LogP contribution >= 0.6 is 7.82 Å². The molecule has 0 heterocycles. The second-order valence-electron chi connectivity index (χ2n) is 2.99. The first-order valence-electron chi connectivity index (χ1n) is 4.10. The Balaban J connectivity index is 3.64. The fourth-order valence-corrected chi connectivity index (χ4v) is 1.46. The molecular weight excluding hydrogens is 179 g/mol. The van der Waals surface area contributed by atoms with Crippen LogP contribution in [0, 0.1) is 5.92 Å². The van der Waals surface area contributed by atoms with Crippen molar-refractivity contribution in [2.24, 2.45) is 5.92 Å². The minimum Gasteiger partial charge on any atom is -0.302 e.